The van der Waals surface area contributed by atoms with Crippen LogP contribution in [0.15, 0.2) is 165 Å². The molecule has 6 aromatic rings. The van der Waals surface area contributed by atoms with Crippen molar-refractivity contribution in [2.75, 3.05) is 79.9 Å². The lowest BCUT2D eigenvalue weighted by atomic mass is 10.2. The smallest absolute Gasteiger partial charge is 0.134 e. The average molecular weight is 1220 g/mol. The van der Waals surface area contributed by atoms with Crippen molar-refractivity contribution >= 4 is 40.5 Å². The van der Waals surface area contributed by atoms with Crippen LogP contribution in [0.3, 0.4) is 0 Å². The number of hydrogen-bond acceptors (Lipinski definition) is 16. The molecule has 2 saturated heterocycles. The first-order chi connectivity index (χ1) is 38.6. The van der Waals surface area contributed by atoms with Gasteiger partial charge in [-0.3, -0.25) is 0 Å². The molecule has 0 amide bonds. The molecule has 0 saturated carbocycles. The van der Waals surface area contributed by atoms with Crippen molar-refractivity contribution in [2.24, 2.45) is 0 Å². The van der Waals surface area contributed by atoms with E-state index in [1.165, 1.54) is 72.7 Å². The maximum Gasteiger partial charge on any atom is 0.134 e. The zero-order valence-corrected chi connectivity index (χ0v) is 51.1. The van der Waals surface area contributed by atoms with Crippen LogP contribution in [0, 0.1) is 27.7 Å². The molecule has 82 heavy (non-hydrogen) atoms. The molecule has 0 spiro atoms. The zero-order chi connectivity index (χ0) is 60.9. The second-order valence-corrected chi connectivity index (χ2v) is 25.1. The van der Waals surface area contributed by atoms with Gasteiger partial charge in [-0.05, 0) is 139 Å². The molecule has 20 nitrogen and oxygen atoms in total. The fourth-order valence-electron chi connectivity index (χ4n) is 7.93. The Morgan fingerprint density at radius 2 is 0.622 bits per heavy atom. The summed E-state index contributed by atoms with van der Waals surface area (Å²) < 4.78 is 146. The van der Waals surface area contributed by atoms with Crippen molar-refractivity contribution in [3.8, 4) is 11.5 Å². The number of nitrogens with two attached hydrogens (primary N) is 2. The van der Waals surface area contributed by atoms with E-state index in [0.29, 0.717) is 12.1 Å². The Kier molecular flexibility index (Phi) is 30.5. The van der Waals surface area contributed by atoms with Crippen molar-refractivity contribution < 1.29 is 91.3 Å². The minimum atomic E-state index is -4.27. The average Bonchev–Trinajstić information content (AvgIpc) is 3.44. The summed E-state index contributed by atoms with van der Waals surface area (Å²) in [7, 11) is -13.7. The highest BCUT2D eigenvalue weighted by Gasteiger charge is 2.23. The molecule has 2 aliphatic heterocycles. The highest BCUT2D eigenvalue weighted by Crippen LogP contribution is 2.13. The van der Waals surface area contributed by atoms with Crippen LogP contribution < -0.4 is 29.9 Å². The lowest BCUT2D eigenvalue weighted by molar-refractivity contribution is -0.944. The topological polar surface area (TPSA) is 308 Å². The fraction of sp³-hybridized carbons (Fsp3) is 0.379. The number of ether oxygens (including phenoxy) is 4. The van der Waals surface area contributed by atoms with Gasteiger partial charge in [0.1, 0.15) is 116 Å². The third kappa shape index (κ3) is 28.5. The van der Waals surface area contributed by atoms with E-state index in [1.54, 1.807) is 72.6 Å². The van der Waals surface area contributed by atoms with Gasteiger partial charge in [-0.1, -0.05) is 70.8 Å². The second-order valence-electron chi connectivity index (χ2n) is 19.6. The number of morpholine rings is 2. The summed E-state index contributed by atoms with van der Waals surface area (Å²) in [6.07, 6.45) is 0. The van der Waals surface area contributed by atoms with Crippen LogP contribution in [0.5, 0.6) is 11.5 Å². The minimum Gasteiger partial charge on any atom is -0.744 e. The first-order valence-electron chi connectivity index (χ1n) is 26.4. The van der Waals surface area contributed by atoms with E-state index in [1.807, 2.05) is 52.0 Å². The Bertz CT molecular complexity index is 2850. The number of nitrogens with one attached hydrogen (secondary N) is 2. The van der Waals surface area contributed by atoms with Crippen molar-refractivity contribution in [2.45, 2.75) is 86.3 Å². The van der Waals surface area contributed by atoms with E-state index in [0.717, 1.165) is 99.4 Å². The van der Waals surface area contributed by atoms with Crippen LogP contribution in [0.1, 0.15) is 47.2 Å². The first-order valence-corrected chi connectivity index (χ1v) is 32.1. The van der Waals surface area contributed by atoms with Gasteiger partial charge in [0.15, 0.2) is 0 Å². The van der Waals surface area contributed by atoms with Gasteiger partial charge in [-0.25, -0.2) is 33.7 Å². The Morgan fingerprint density at radius 1 is 0.402 bits per heavy atom. The maximum atomic E-state index is 10.4. The van der Waals surface area contributed by atoms with E-state index in [2.05, 4.69) is 48.7 Å². The summed E-state index contributed by atoms with van der Waals surface area (Å²) >= 11 is 0. The van der Waals surface area contributed by atoms with Gasteiger partial charge < -0.3 is 57.6 Å². The fourth-order valence-corrected chi connectivity index (χ4v) is 9.81. The summed E-state index contributed by atoms with van der Waals surface area (Å²) in [6, 6.07) is 41.2. The summed E-state index contributed by atoms with van der Waals surface area (Å²) in [5.74, 6) is 1.85. The standard InChI is InChI=1S/2C15H24N2O2.4C7H8O3S/c2*1-13(17-7-9-19-10-8-17)11-16-12-14-3-5-15(18-2)6-4-14;4*1-6-2-4-7(5-3-6)11(8,9)10/h2*3-6,13,16H,7-12H2,1-2H3;4*2-5H,1H3,(H,8,9,10)/t2*13-;;;;/m00..../s1. The Labute approximate surface area is 485 Å². The van der Waals surface area contributed by atoms with E-state index in [4.69, 9.17) is 18.9 Å². The predicted octanol–water partition coefficient (Wildman–Crippen LogP) is 1.72. The van der Waals surface area contributed by atoms with E-state index < -0.39 is 40.5 Å². The molecule has 6 N–H and O–H groups in total. The maximum absolute atomic E-state index is 10.4. The lowest BCUT2D eigenvalue weighted by Crippen LogP contribution is -3.19. The van der Waals surface area contributed by atoms with Crippen LogP contribution in [0.4, 0.5) is 0 Å². The van der Waals surface area contributed by atoms with E-state index >= 15 is 0 Å². The summed E-state index contributed by atoms with van der Waals surface area (Å²) in [5.41, 5.74) is 6.42. The Balaban J connectivity index is 0.000000263. The quantitative estimate of drug-likeness (QED) is 0.100. The van der Waals surface area contributed by atoms with Gasteiger partial charge in [0.05, 0.1) is 60.2 Å². The molecular formula is C58H80N4O16S4. The minimum absolute atomic E-state index is 0.178. The largest absolute Gasteiger partial charge is 0.744 e. The molecule has 2 heterocycles. The van der Waals surface area contributed by atoms with Crippen molar-refractivity contribution in [1.29, 1.82) is 0 Å². The van der Waals surface area contributed by atoms with Crippen molar-refractivity contribution in [3.05, 3.63) is 179 Å². The number of methoxy groups -OCH3 is 2. The van der Waals surface area contributed by atoms with Gasteiger partial charge in [0, 0.05) is 11.1 Å². The molecule has 452 valence electrons. The van der Waals surface area contributed by atoms with Crippen molar-refractivity contribution in [3.63, 3.8) is 0 Å². The molecule has 0 unspecified atom stereocenters. The van der Waals surface area contributed by atoms with Crippen molar-refractivity contribution in [1.82, 2.24) is 0 Å². The molecule has 0 aromatic heterocycles. The van der Waals surface area contributed by atoms with Gasteiger partial charge in [0.25, 0.3) is 0 Å². The zero-order valence-electron chi connectivity index (χ0n) is 47.8. The Morgan fingerprint density at radius 3 is 0.817 bits per heavy atom. The van der Waals surface area contributed by atoms with Gasteiger partial charge in [0.2, 0.25) is 0 Å². The summed E-state index contributed by atoms with van der Waals surface area (Å²) in [5, 5.41) is 4.80. The summed E-state index contributed by atoms with van der Waals surface area (Å²) in [4.78, 5) is 2.65. The van der Waals surface area contributed by atoms with Gasteiger partial charge in [-0.15, -0.1) is 0 Å². The van der Waals surface area contributed by atoms with Crippen LogP contribution in [0.2, 0.25) is 0 Å². The SMILES string of the molecule is COc1ccc(C[NH2+]C[C@H](C)[NH+]2CCOCC2)cc1.COc1ccc(C[NH2+]C[C@H](C)[NH+]2CCOCC2)cc1.Cc1ccc(S(=O)(=O)[O-])cc1.Cc1ccc(S(=O)(=O)[O-])cc1.Cc1ccc(S(=O)(=O)[O-])cc1.Cc1ccc(S(=O)(=O)[O-])cc1. The lowest BCUT2D eigenvalue weighted by Gasteiger charge is -2.28. The molecule has 6 aromatic carbocycles. The highest BCUT2D eigenvalue weighted by atomic mass is 32.2. The number of hydrogen-bond donors (Lipinski definition) is 4. The number of quaternary nitrogens is 4. The molecule has 0 radical (unpaired) electrons. The first kappa shape index (κ1) is 70.6. The normalized spacial score (nSPS) is 14.6. The molecule has 2 aliphatic rings. The molecule has 8 rings (SSSR count). The highest BCUT2D eigenvalue weighted by molar-refractivity contribution is 7.86. The molecule has 0 bridgehead atoms. The van der Waals surface area contributed by atoms with Crippen LogP contribution in [-0.4, -0.2) is 144 Å². The summed E-state index contributed by atoms with van der Waals surface area (Å²) in [6.45, 7) is 24.6. The number of aryl methyl sites for hydroxylation is 4. The molecule has 24 heteroatoms. The molecule has 2 atom stereocenters. The Hall–Kier alpha value is -5.68. The van der Waals surface area contributed by atoms with Crippen LogP contribution in [0.25, 0.3) is 0 Å². The predicted molar refractivity (Wildman–Crippen MR) is 306 cm³/mol. The molecular weight excluding hydrogens is 1140 g/mol. The van der Waals surface area contributed by atoms with Gasteiger partial charge >= 0.3 is 0 Å². The van der Waals surface area contributed by atoms with Gasteiger partial charge in [-0.2, -0.15) is 0 Å². The third-order valence-corrected chi connectivity index (χ3v) is 16.4. The number of rotatable bonds is 16. The third-order valence-electron chi connectivity index (χ3n) is 13.0. The number of benzene rings is 6. The van der Waals surface area contributed by atoms with E-state index in [9.17, 15) is 51.9 Å². The monoisotopic (exact) mass is 1220 g/mol. The molecule has 2 fully saturated rings. The molecule has 0 aliphatic carbocycles. The second kappa shape index (κ2) is 35.5. The van der Waals surface area contributed by atoms with Crippen LogP contribution in [-0.2, 0) is 63.0 Å². The van der Waals surface area contributed by atoms with E-state index in [-0.39, 0.29) is 19.6 Å². The van der Waals surface area contributed by atoms with Crippen LogP contribution >= 0.6 is 0 Å².